The van der Waals surface area contributed by atoms with Gasteiger partial charge < -0.3 is 4.18 Å². The molecule has 1 aromatic carbocycles. The number of hydrogen-bond donors (Lipinski definition) is 0. The van der Waals surface area contributed by atoms with Crippen LogP contribution < -0.4 is 0 Å². The molecule has 0 heterocycles. The van der Waals surface area contributed by atoms with E-state index in [9.17, 15) is 9.00 Å². The van der Waals surface area contributed by atoms with Gasteiger partial charge in [0.1, 0.15) is 0 Å². The molecule has 0 aliphatic carbocycles. The van der Waals surface area contributed by atoms with Crippen molar-refractivity contribution in [2.45, 2.75) is 0 Å². The monoisotopic (exact) mass is 232 g/mol. The van der Waals surface area contributed by atoms with Crippen molar-refractivity contribution in [1.29, 1.82) is 0 Å². The average molecular weight is 232 g/mol. The molecule has 0 amide bonds. The summed E-state index contributed by atoms with van der Waals surface area (Å²) in [5.74, 6) is -0.757. The summed E-state index contributed by atoms with van der Waals surface area (Å²) in [5, 5.41) is 0. The highest BCUT2D eigenvalue weighted by Gasteiger charge is 2.13. The molecule has 0 radical (unpaired) electrons. The molecule has 0 saturated heterocycles. The molecular formula is C8H8O4S2. The maximum atomic E-state index is 11.3. The first-order chi connectivity index (χ1) is 6.55. The summed E-state index contributed by atoms with van der Waals surface area (Å²) in [5.41, 5.74) is 0.280. The first-order valence-electron chi connectivity index (χ1n) is 3.64. The minimum Gasteiger partial charge on any atom is -0.340 e. The van der Waals surface area contributed by atoms with Crippen LogP contribution in [-0.2, 0) is 28.6 Å². The molecule has 0 spiro atoms. The Labute approximate surface area is 86.9 Å². The van der Waals surface area contributed by atoms with Crippen LogP contribution in [0, 0.1) is 0 Å². The lowest BCUT2D eigenvalue weighted by molar-refractivity contribution is 0.0736. The van der Waals surface area contributed by atoms with E-state index in [0.29, 0.717) is 0 Å². The fraction of sp³-hybridized carbons (Fsp3) is 0.125. The molecule has 0 fully saturated rings. The molecule has 4 nitrogen and oxygen atoms in total. The molecule has 76 valence electrons. The maximum Gasteiger partial charge on any atom is 0.353 e. The number of benzene rings is 1. The molecule has 0 N–H and O–H groups in total. The van der Waals surface area contributed by atoms with Crippen molar-refractivity contribution < 1.29 is 17.4 Å². The van der Waals surface area contributed by atoms with Gasteiger partial charge in [0.05, 0.1) is 23.9 Å². The van der Waals surface area contributed by atoms with Crippen molar-refractivity contribution >= 4 is 26.2 Å². The van der Waals surface area contributed by atoms with Gasteiger partial charge in [-0.3, -0.25) is 4.18 Å². The molecule has 1 atom stereocenters. The molecule has 14 heavy (non-hydrogen) atoms. The van der Waals surface area contributed by atoms with E-state index < -0.39 is 15.0 Å². The Hall–Kier alpha value is -0.980. The molecule has 0 aliphatic rings. The van der Waals surface area contributed by atoms with E-state index in [1.807, 2.05) is 0 Å². The van der Waals surface area contributed by atoms with E-state index >= 15 is 0 Å². The highest BCUT2D eigenvalue weighted by Crippen LogP contribution is 2.05. The van der Waals surface area contributed by atoms with Crippen molar-refractivity contribution in [2.75, 3.05) is 7.11 Å². The second-order valence-corrected chi connectivity index (χ2v) is 4.85. The van der Waals surface area contributed by atoms with Crippen LogP contribution in [0.25, 0.3) is 0 Å². The van der Waals surface area contributed by atoms with Gasteiger partial charge >= 0.3 is 15.0 Å². The lowest BCUT2D eigenvalue weighted by Gasteiger charge is -2.04. The highest BCUT2D eigenvalue weighted by atomic mass is 32.9. The second-order valence-electron chi connectivity index (χ2n) is 2.31. The zero-order valence-corrected chi connectivity index (χ0v) is 8.97. The minimum absolute atomic E-state index is 0.280. The van der Waals surface area contributed by atoms with E-state index in [4.69, 9.17) is 0 Å². The van der Waals surface area contributed by atoms with Crippen LogP contribution in [0.15, 0.2) is 30.3 Å². The Bertz CT molecular complexity index is 410. The van der Waals surface area contributed by atoms with Crippen LogP contribution in [0.2, 0.25) is 0 Å². The summed E-state index contributed by atoms with van der Waals surface area (Å²) >= 11 is 4.38. The summed E-state index contributed by atoms with van der Waals surface area (Å²) in [6.45, 7) is 0. The van der Waals surface area contributed by atoms with Gasteiger partial charge in [-0.25, -0.2) is 4.79 Å². The molecule has 0 aromatic heterocycles. The molecule has 0 aliphatic heterocycles. The second kappa shape index (κ2) is 4.50. The van der Waals surface area contributed by atoms with Crippen molar-refractivity contribution in [2.24, 2.45) is 0 Å². The van der Waals surface area contributed by atoms with E-state index in [0.717, 1.165) is 7.11 Å². The van der Waals surface area contributed by atoms with Crippen LogP contribution in [0.4, 0.5) is 0 Å². The lowest BCUT2D eigenvalue weighted by atomic mass is 10.2. The third-order valence-electron chi connectivity index (χ3n) is 1.39. The average Bonchev–Trinajstić information content (AvgIpc) is 2.19. The van der Waals surface area contributed by atoms with E-state index in [-0.39, 0.29) is 5.56 Å². The fourth-order valence-electron chi connectivity index (χ4n) is 0.749. The van der Waals surface area contributed by atoms with Gasteiger partial charge in [-0.1, -0.05) is 18.2 Å². The van der Waals surface area contributed by atoms with Crippen molar-refractivity contribution in [1.82, 2.24) is 0 Å². The van der Waals surface area contributed by atoms with Crippen molar-refractivity contribution in [3.8, 4) is 0 Å². The zero-order chi connectivity index (χ0) is 10.6. The van der Waals surface area contributed by atoms with Crippen molar-refractivity contribution in [3.05, 3.63) is 35.9 Å². The number of rotatable bonds is 3. The third-order valence-corrected chi connectivity index (χ3v) is 2.77. The summed E-state index contributed by atoms with van der Waals surface area (Å²) < 4.78 is 19.9. The van der Waals surface area contributed by atoms with Gasteiger partial charge in [0, 0.05) is 0 Å². The van der Waals surface area contributed by atoms with Crippen LogP contribution >= 0.6 is 0 Å². The van der Waals surface area contributed by atoms with Crippen molar-refractivity contribution in [3.63, 3.8) is 0 Å². The molecule has 1 rings (SSSR count). The Kier molecular flexibility index (Phi) is 3.56. The predicted molar refractivity (Wildman–Crippen MR) is 54.4 cm³/mol. The summed E-state index contributed by atoms with van der Waals surface area (Å²) in [7, 11) is -2.26. The number of hydrogen-bond acceptors (Lipinski definition) is 5. The Balaban J connectivity index is 2.79. The summed E-state index contributed by atoms with van der Waals surface area (Å²) in [4.78, 5) is 11.3. The van der Waals surface area contributed by atoms with Gasteiger partial charge in [-0.15, -0.1) is 0 Å². The first kappa shape index (κ1) is 11.1. The Morgan fingerprint density at radius 2 is 1.93 bits per heavy atom. The maximum absolute atomic E-state index is 11.3. The third kappa shape index (κ3) is 3.06. The Morgan fingerprint density at radius 3 is 2.43 bits per heavy atom. The first-order valence-corrected chi connectivity index (χ1v) is 5.98. The van der Waals surface area contributed by atoms with Crippen LogP contribution in [0.5, 0.6) is 0 Å². The van der Waals surface area contributed by atoms with E-state index in [1.165, 1.54) is 12.1 Å². The molecular weight excluding hydrogens is 224 g/mol. The normalized spacial score (nSPS) is 14.4. The predicted octanol–water partition coefficient (Wildman–Crippen LogP) is 1.07. The van der Waals surface area contributed by atoms with Gasteiger partial charge in [0.2, 0.25) is 0 Å². The molecule has 0 saturated carbocycles. The standard InChI is InChI=1S/C8H8O4S2/c1-11-14(10,13)12-8(9)7-5-3-2-4-6-7/h2-6H,1H3. The molecule has 1 aromatic rings. The summed E-state index contributed by atoms with van der Waals surface area (Å²) in [6.07, 6.45) is 0. The highest BCUT2D eigenvalue weighted by molar-refractivity contribution is 8.27. The smallest absolute Gasteiger partial charge is 0.340 e. The van der Waals surface area contributed by atoms with Gasteiger partial charge in [-0.05, 0) is 12.1 Å². The molecule has 0 bridgehead atoms. The lowest BCUT2D eigenvalue weighted by Crippen LogP contribution is -2.13. The largest absolute Gasteiger partial charge is 0.353 e. The van der Waals surface area contributed by atoms with Crippen LogP contribution in [0.3, 0.4) is 0 Å². The van der Waals surface area contributed by atoms with E-state index in [2.05, 4.69) is 19.6 Å². The van der Waals surface area contributed by atoms with Crippen LogP contribution in [-0.4, -0.2) is 17.3 Å². The van der Waals surface area contributed by atoms with Crippen LogP contribution in [0.1, 0.15) is 10.4 Å². The van der Waals surface area contributed by atoms with Gasteiger partial charge in [0.15, 0.2) is 0 Å². The fourth-order valence-corrected chi connectivity index (χ4v) is 1.28. The topological polar surface area (TPSA) is 52.6 Å². The Morgan fingerprint density at radius 1 is 1.36 bits per heavy atom. The number of carbonyl (C=O) groups excluding carboxylic acids is 1. The summed E-state index contributed by atoms with van der Waals surface area (Å²) in [6, 6.07) is 8.13. The minimum atomic E-state index is -3.38. The number of carbonyl (C=O) groups is 1. The quantitative estimate of drug-likeness (QED) is 0.780. The molecule has 6 heteroatoms. The van der Waals surface area contributed by atoms with Gasteiger partial charge in [-0.2, -0.15) is 4.21 Å². The van der Waals surface area contributed by atoms with E-state index in [1.54, 1.807) is 18.2 Å². The zero-order valence-electron chi connectivity index (χ0n) is 7.34. The van der Waals surface area contributed by atoms with Gasteiger partial charge in [0.25, 0.3) is 0 Å². The molecule has 1 unspecified atom stereocenters. The SMILES string of the molecule is COS(=O)(=S)OC(=O)c1ccccc1.